The lowest BCUT2D eigenvalue weighted by Gasteiger charge is -2.02. The van der Waals surface area contributed by atoms with Crippen molar-refractivity contribution in [2.45, 2.75) is 18.2 Å². The molecular weight excluding hydrogens is 196 g/mol. The van der Waals surface area contributed by atoms with Crippen LogP contribution in [0.25, 0.3) is 0 Å². The van der Waals surface area contributed by atoms with Crippen molar-refractivity contribution in [1.29, 1.82) is 0 Å². The summed E-state index contributed by atoms with van der Waals surface area (Å²) in [6.07, 6.45) is -0.344. The van der Waals surface area contributed by atoms with Crippen LogP contribution in [0.2, 0.25) is 0 Å². The second kappa shape index (κ2) is 3.40. The molecule has 0 aliphatic rings. The normalized spacial score (nSPS) is 14.4. The Hall–Kier alpha value is -0.990. The zero-order valence-corrected chi connectivity index (χ0v) is 8.00. The van der Waals surface area contributed by atoms with Gasteiger partial charge in [0.15, 0.2) is 5.82 Å². The predicted molar refractivity (Wildman–Crippen MR) is 43.2 cm³/mol. The number of hydrogen-bond acceptors (Lipinski definition) is 5. The van der Waals surface area contributed by atoms with Crippen molar-refractivity contribution in [2.24, 2.45) is 5.14 Å². The molecule has 0 saturated carbocycles. The molecule has 1 atom stereocenters. The maximum Gasteiger partial charge on any atom is 0.282 e. The van der Waals surface area contributed by atoms with E-state index in [0.717, 1.165) is 0 Å². The van der Waals surface area contributed by atoms with Gasteiger partial charge >= 0.3 is 0 Å². The van der Waals surface area contributed by atoms with Crippen LogP contribution >= 0.6 is 0 Å². The van der Waals surface area contributed by atoms with E-state index in [9.17, 15) is 8.42 Å². The molecule has 0 radical (unpaired) electrons. The number of nitrogens with one attached hydrogen (secondary N) is 1. The van der Waals surface area contributed by atoms with Crippen LogP contribution in [0.3, 0.4) is 0 Å². The largest absolute Gasteiger partial charge is 0.374 e. The molecule has 7 nitrogen and oxygen atoms in total. The lowest BCUT2D eigenvalue weighted by molar-refractivity contribution is 0.112. The van der Waals surface area contributed by atoms with Crippen LogP contribution < -0.4 is 5.14 Å². The minimum Gasteiger partial charge on any atom is -0.374 e. The van der Waals surface area contributed by atoms with E-state index in [2.05, 4.69) is 15.2 Å². The summed E-state index contributed by atoms with van der Waals surface area (Å²) in [5.41, 5.74) is 0. The predicted octanol–water partition coefficient (Wildman–Crippen LogP) is -0.840. The summed E-state index contributed by atoms with van der Waals surface area (Å²) in [6, 6.07) is 0. The molecule has 0 aliphatic heterocycles. The number of methoxy groups -OCH3 is 1. The van der Waals surface area contributed by atoms with Crippen LogP contribution in [0, 0.1) is 0 Å². The fraction of sp³-hybridized carbons (Fsp3) is 0.600. The first-order valence-electron chi connectivity index (χ1n) is 3.43. The van der Waals surface area contributed by atoms with Gasteiger partial charge in [0.2, 0.25) is 0 Å². The molecule has 0 aromatic carbocycles. The molecule has 0 bridgehead atoms. The number of aromatic amines is 1. The van der Waals surface area contributed by atoms with Crippen LogP contribution in [-0.2, 0) is 14.8 Å². The van der Waals surface area contributed by atoms with Gasteiger partial charge in [0.1, 0.15) is 6.10 Å². The van der Waals surface area contributed by atoms with Gasteiger partial charge in [0.25, 0.3) is 15.2 Å². The van der Waals surface area contributed by atoms with Crippen molar-refractivity contribution in [3.63, 3.8) is 0 Å². The van der Waals surface area contributed by atoms with E-state index in [1.807, 2.05) is 0 Å². The van der Waals surface area contributed by atoms with Crippen molar-refractivity contribution >= 4 is 10.0 Å². The van der Waals surface area contributed by atoms with Gasteiger partial charge in [-0.25, -0.2) is 13.6 Å². The third-order valence-corrected chi connectivity index (χ3v) is 2.17. The van der Waals surface area contributed by atoms with E-state index in [-0.39, 0.29) is 6.10 Å². The van der Waals surface area contributed by atoms with Crippen molar-refractivity contribution in [1.82, 2.24) is 15.2 Å². The number of ether oxygens (including phenoxy) is 1. The molecular formula is C5H10N4O3S. The standard InChI is InChI=1S/C5H10N4O3S/c1-3(12-2)4-7-5(9-8-4)13(6,10)11/h3H,1-2H3,(H2,6,10,11)(H,7,8,9). The minimum atomic E-state index is -3.83. The van der Waals surface area contributed by atoms with Gasteiger partial charge in [0.05, 0.1) is 0 Å². The number of hydrogen-bond donors (Lipinski definition) is 2. The molecule has 0 spiro atoms. The maximum absolute atomic E-state index is 10.7. The molecule has 0 amide bonds. The monoisotopic (exact) mass is 206 g/mol. The molecule has 1 unspecified atom stereocenters. The average Bonchev–Trinajstić information content (AvgIpc) is 2.50. The summed E-state index contributed by atoms with van der Waals surface area (Å²) >= 11 is 0. The lowest BCUT2D eigenvalue weighted by Crippen LogP contribution is -2.14. The Kier molecular flexibility index (Phi) is 2.64. The summed E-state index contributed by atoms with van der Waals surface area (Å²) in [4.78, 5) is 3.65. The first-order chi connectivity index (χ1) is 5.95. The number of rotatable bonds is 3. The van der Waals surface area contributed by atoms with Crippen molar-refractivity contribution in [3.8, 4) is 0 Å². The second-order valence-electron chi connectivity index (χ2n) is 2.43. The van der Waals surface area contributed by atoms with E-state index in [1.165, 1.54) is 7.11 Å². The molecule has 1 heterocycles. The fourth-order valence-corrected chi connectivity index (χ4v) is 1.08. The molecule has 0 fully saturated rings. The van der Waals surface area contributed by atoms with Gasteiger partial charge in [-0.05, 0) is 6.92 Å². The molecule has 13 heavy (non-hydrogen) atoms. The van der Waals surface area contributed by atoms with Crippen molar-refractivity contribution in [2.75, 3.05) is 7.11 Å². The Morgan fingerprint density at radius 2 is 2.23 bits per heavy atom. The second-order valence-corrected chi connectivity index (χ2v) is 3.88. The number of aromatic nitrogens is 3. The van der Waals surface area contributed by atoms with Crippen molar-refractivity contribution < 1.29 is 13.2 Å². The Bertz CT molecular complexity index is 384. The molecule has 1 aromatic heterocycles. The topological polar surface area (TPSA) is 111 Å². The summed E-state index contributed by atoms with van der Waals surface area (Å²) < 4.78 is 26.4. The average molecular weight is 206 g/mol. The smallest absolute Gasteiger partial charge is 0.282 e. The van der Waals surface area contributed by atoms with Gasteiger partial charge in [-0.1, -0.05) is 0 Å². The van der Waals surface area contributed by atoms with Gasteiger partial charge in [-0.2, -0.15) is 4.98 Å². The van der Waals surface area contributed by atoms with E-state index < -0.39 is 15.2 Å². The zero-order chi connectivity index (χ0) is 10.1. The number of primary sulfonamides is 1. The van der Waals surface area contributed by atoms with Gasteiger partial charge in [-0.15, -0.1) is 5.10 Å². The highest BCUT2D eigenvalue weighted by Crippen LogP contribution is 2.10. The lowest BCUT2D eigenvalue weighted by atomic mass is 10.4. The molecule has 1 aromatic rings. The highest BCUT2D eigenvalue weighted by Gasteiger charge is 2.17. The molecule has 8 heteroatoms. The number of H-pyrrole nitrogens is 1. The Morgan fingerprint density at radius 3 is 2.62 bits per heavy atom. The van der Waals surface area contributed by atoms with Crippen LogP contribution in [-0.4, -0.2) is 30.7 Å². The summed E-state index contributed by atoms with van der Waals surface area (Å²) in [5, 5.41) is 10.2. The van der Waals surface area contributed by atoms with Crippen LogP contribution in [0.1, 0.15) is 18.9 Å². The van der Waals surface area contributed by atoms with E-state index >= 15 is 0 Å². The Balaban J connectivity index is 3.00. The van der Waals surface area contributed by atoms with Crippen LogP contribution in [0.15, 0.2) is 5.16 Å². The quantitative estimate of drug-likeness (QED) is 0.669. The van der Waals surface area contributed by atoms with E-state index in [0.29, 0.717) is 5.82 Å². The number of sulfonamides is 1. The summed E-state index contributed by atoms with van der Waals surface area (Å²) in [6.45, 7) is 1.70. The van der Waals surface area contributed by atoms with E-state index in [1.54, 1.807) is 6.92 Å². The highest BCUT2D eigenvalue weighted by molar-refractivity contribution is 7.89. The zero-order valence-electron chi connectivity index (χ0n) is 7.18. The van der Waals surface area contributed by atoms with Crippen molar-refractivity contribution in [3.05, 3.63) is 5.82 Å². The first kappa shape index (κ1) is 10.1. The van der Waals surface area contributed by atoms with Crippen LogP contribution in [0.4, 0.5) is 0 Å². The van der Waals surface area contributed by atoms with Gasteiger partial charge < -0.3 is 4.74 Å². The molecule has 0 aliphatic carbocycles. The molecule has 74 valence electrons. The fourth-order valence-electron chi connectivity index (χ4n) is 0.679. The summed E-state index contributed by atoms with van der Waals surface area (Å²) in [5.74, 6) is 0.325. The first-order valence-corrected chi connectivity index (χ1v) is 4.97. The van der Waals surface area contributed by atoms with Gasteiger partial charge in [-0.3, -0.25) is 5.10 Å². The summed E-state index contributed by atoms with van der Waals surface area (Å²) in [7, 11) is -2.36. The highest BCUT2D eigenvalue weighted by atomic mass is 32.2. The van der Waals surface area contributed by atoms with Crippen LogP contribution in [0.5, 0.6) is 0 Å². The Morgan fingerprint density at radius 1 is 1.62 bits per heavy atom. The molecule has 1 rings (SSSR count). The third kappa shape index (κ3) is 2.23. The maximum atomic E-state index is 10.7. The molecule has 0 saturated heterocycles. The third-order valence-electron chi connectivity index (χ3n) is 1.48. The molecule has 3 N–H and O–H groups in total. The number of nitrogens with two attached hydrogens (primary N) is 1. The SMILES string of the molecule is COC(C)c1nc(S(N)(=O)=O)n[nH]1. The minimum absolute atomic E-state index is 0.325. The van der Waals surface area contributed by atoms with Gasteiger partial charge in [0, 0.05) is 7.11 Å². The van der Waals surface area contributed by atoms with E-state index in [4.69, 9.17) is 9.88 Å². The number of nitrogens with zero attached hydrogens (tertiary/aromatic N) is 2. The Labute approximate surface area is 75.4 Å².